The molecule has 2 aromatic rings. The second kappa shape index (κ2) is 7.14. The number of hydrogen-bond acceptors (Lipinski definition) is 6. The maximum atomic E-state index is 12.6. The highest BCUT2D eigenvalue weighted by molar-refractivity contribution is 5.81. The van der Waals surface area contributed by atoms with Crippen LogP contribution in [0.3, 0.4) is 0 Å². The van der Waals surface area contributed by atoms with E-state index in [9.17, 15) is 14.4 Å². The van der Waals surface area contributed by atoms with Gasteiger partial charge in [-0.3, -0.25) is 19.6 Å². The fourth-order valence-corrected chi connectivity index (χ4v) is 3.35. The Balaban J connectivity index is 2.20. The molecule has 0 amide bonds. The van der Waals surface area contributed by atoms with Gasteiger partial charge in [0.1, 0.15) is 11.7 Å². The molecule has 0 bridgehead atoms. The van der Waals surface area contributed by atoms with Crippen molar-refractivity contribution >= 4 is 17.5 Å². The maximum Gasteiger partial charge on any atom is 0.327 e. The van der Waals surface area contributed by atoms with Gasteiger partial charge in [0.25, 0.3) is 5.56 Å². The summed E-state index contributed by atoms with van der Waals surface area (Å²) in [5.74, 6) is -1.66. The van der Waals surface area contributed by atoms with Gasteiger partial charge in [-0.1, -0.05) is 18.7 Å². The van der Waals surface area contributed by atoms with Crippen LogP contribution in [0.25, 0.3) is 0 Å². The van der Waals surface area contributed by atoms with Crippen molar-refractivity contribution in [1.29, 1.82) is 0 Å². The third-order valence-corrected chi connectivity index (χ3v) is 4.59. The van der Waals surface area contributed by atoms with Crippen molar-refractivity contribution < 1.29 is 9.53 Å². The lowest BCUT2D eigenvalue weighted by molar-refractivity contribution is -0.147. The number of rotatable bonds is 4. The van der Waals surface area contributed by atoms with Crippen LogP contribution in [0, 0.1) is 5.92 Å². The number of nitrogens with zero attached hydrogens (tertiary/aromatic N) is 1. The number of nitrogens with one attached hydrogen (secondary N) is 3. The lowest BCUT2D eigenvalue weighted by Gasteiger charge is -2.33. The summed E-state index contributed by atoms with van der Waals surface area (Å²) in [6.07, 6.45) is 0. The van der Waals surface area contributed by atoms with E-state index >= 15 is 0 Å². The van der Waals surface area contributed by atoms with Gasteiger partial charge in [0.15, 0.2) is 0 Å². The Morgan fingerprint density at radius 1 is 1.19 bits per heavy atom. The zero-order valence-electron chi connectivity index (χ0n) is 15.5. The van der Waals surface area contributed by atoms with E-state index in [0.717, 1.165) is 11.3 Å². The third kappa shape index (κ3) is 3.38. The lowest BCUT2D eigenvalue weighted by Crippen LogP contribution is -2.40. The smallest absolute Gasteiger partial charge is 0.327 e. The number of carbonyl (C=O) groups excluding carboxylic acids is 1. The number of anilines is 2. The molecule has 1 aromatic heterocycles. The first-order chi connectivity index (χ1) is 12.8. The Bertz CT molecular complexity index is 988. The SMILES string of the molecule is C=C1Nc2[nH]c(=O)[nH]c(=O)c2[C@@H](c2ccc(N(C)C)cc2)[C@H]1C(=O)OCC. The number of aromatic nitrogens is 2. The molecule has 0 fully saturated rings. The summed E-state index contributed by atoms with van der Waals surface area (Å²) in [6, 6.07) is 7.53. The molecule has 8 heteroatoms. The predicted molar refractivity (Wildman–Crippen MR) is 103 cm³/mol. The first-order valence-corrected chi connectivity index (χ1v) is 8.59. The van der Waals surface area contributed by atoms with Crippen LogP contribution in [0.1, 0.15) is 24.0 Å². The van der Waals surface area contributed by atoms with E-state index in [-0.39, 0.29) is 18.0 Å². The largest absolute Gasteiger partial charge is 0.465 e. The van der Waals surface area contributed by atoms with E-state index in [4.69, 9.17) is 4.74 Å². The number of esters is 1. The number of H-pyrrole nitrogens is 2. The minimum atomic E-state index is -0.797. The van der Waals surface area contributed by atoms with Crippen molar-refractivity contribution in [3.05, 3.63) is 68.5 Å². The molecule has 2 heterocycles. The molecular weight excluding hydrogens is 348 g/mol. The molecule has 3 rings (SSSR count). The zero-order chi connectivity index (χ0) is 19.7. The van der Waals surface area contributed by atoms with E-state index < -0.39 is 29.1 Å². The standard InChI is InChI=1S/C19H22N4O4/c1-5-27-18(25)13-10(2)20-16-15(17(24)22-19(26)21-16)14(13)11-6-8-12(9-7-11)23(3)4/h6-9,13-14H,2,5H2,1,3-4H3,(H3,20,21,22,24,26)/t13-,14-/m0/s1. The zero-order valence-corrected chi connectivity index (χ0v) is 15.5. The van der Waals surface area contributed by atoms with Crippen molar-refractivity contribution in [2.75, 3.05) is 30.9 Å². The number of carbonyl (C=O) groups is 1. The van der Waals surface area contributed by atoms with E-state index in [0.29, 0.717) is 5.70 Å². The molecule has 0 radical (unpaired) electrons. The summed E-state index contributed by atoms with van der Waals surface area (Å²) in [4.78, 5) is 43.6. The number of fused-ring (bicyclic) bond motifs is 1. The number of aromatic amines is 2. The van der Waals surface area contributed by atoms with Crippen LogP contribution in [0.5, 0.6) is 0 Å². The van der Waals surface area contributed by atoms with E-state index in [1.165, 1.54) is 0 Å². The molecule has 1 aliphatic rings. The van der Waals surface area contributed by atoms with E-state index in [2.05, 4.69) is 21.9 Å². The van der Waals surface area contributed by atoms with Crippen molar-refractivity contribution in [1.82, 2.24) is 9.97 Å². The Kier molecular flexibility index (Phi) is 4.89. The van der Waals surface area contributed by atoms with Crippen molar-refractivity contribution in [3.63, 3.8) is 0 Å². The van der Waals surface area contributed by atoms with Crippen LogP contribution in [-0.4, -0.2) is 36.6 Å². The Morgan fingerprint density at radius 2 is 1.85 bits per heavy atom. The predicted octanol–water partition coefficient (Wildman–Crippen LogP) is 1.38. The first kappa shape index (κ1) is 18.5. The van der Waals surface area contributed by atoms with Gasteiger partial charge in [0.05, 0.1) is 12.2 Å². The van der Waals surface area contributed by atoms with Crippen LogP contribution in [-0.2, 0) is 9.53 Å². The van der Waals surface area contributed by atoms with Crippen LogP contribution in [0.2, 0.25) is 0 Å². The monoisotopic (exact) mass is 370 g/mol. The Labute approximate surface area is 155 Å². The van der Waals surface area contributed by atoms with Crippen molar-refractivity contribution in [3.8, 4) is 0 Å². The molecule has 1 aliphatic heterocycles. The van der Waals surface area contributed by atoms with Gasteiger partial charge in [-0.25, -0.2) is 4.79 Å². The molecule has 0 spiro atoms. The van der Waals surface area contributed by atoms with E-state index in [1.54, 1.807) is 6.92 Å². The molecular formula is C19H22N4O4. The summed E-state index contributed by atoms with van der Waals surface area (Å²) >= 11 is 0. The quantitative estimate of drug-likeness (QED) is 0.702. The van der Waals surface area contributed by atoms with Gasteiger partial charge in [0.2, 0.25) is 0 Å². The second-order valence-corrected chi connectivity index (χ2v) is 6.54. The summed E-state index contributed by atoms with van der Waals surface area (Å²) < 4.78 is 5.21. The van der Waals surface area contributed by atoms with Gasteiger partial charge in [0, 0.05) is 31.4 Å². The van der Waals surface area contributed by atoms with Gasteiger partial charge in [-0.2, -0.15) is 0 Å². The first-order valence-electron chi connectivity index (χ1n) is 8.59. The number of ether oxygens (including phenoxy) is 1. The van der Waals surface area contributed by atoms with Crippen molar-refractivity contribution in [2.45, 2.75) is 12.8 Å². The average Bonchev–Trinajstić information content (AvgIpc) is 2.60. The van der Waals surface area contributed by atoms with Gasteiger partial charge in [-0.05, 0) is 24.6 Å². The molecule has 2 atom stereocenters. The minimum Gasteiger partial charge on any atom is -0.465 e. The molecule has 8 nitrogen and oxygen atoms in total. The highest BCUT2D eigenvalue weighted by Crippen LogP contribution is 2.41. The fourth-order valence-electron chi connectivity index (χ4n) is 3.35. The fraction of sp³-hybridized carbons (Fsp3) is 0.316. The number of hydrogen-bond donors (Lipinski definition) is 3. The Hall–Kier alpha value is -3.29. The van der Waals surface area contributed by atoms with Gasteiger partial charge in [-0.15, -0.1) is 0 Å². The molecule has 0 aliphatic carbocycles. The topological polar surface area (TPSA) is 107 Å². The summed E-state index contributed by atoms with van der Waals surface area (Å²) in [6.45, 7) is 5.85. The van der Waals surface area contributed by atoms with Crippen LogP contribution >= 0.6 is 0 Å². The molecule has 3 N–H and O–H groups in total. The molecule has 142 valence electrons. The molecule has 0 saturated heterocycles. The normalized spacial score (nSPS) is 18.4. The van der Waals surface area contributed by atoms with E-state index in [1.807, 2.05) is 43.3 Å². The summed E-state index contributed by atoms with van der Waals surface area (Å²) in [5.41, 5.74) is 1.19. The highest BCUT2D eigenvalue weighted by Gasteiger charge is 2.41. The summed E-state index contributed by atoms with van der Waals surface area (Å²) in [5, 5.41) is 2.88. The third-order valence-electron chi connectivity index (χ3n) is 4.59. The number of benzene rings is 1. The highest BCUT2D eigenvalue weighted by atomic mass is 16.5. The Morgan fingerprint density at radius 3 is 2.44 bits per heavy atom. The molecule has 1 aromatic carbocycles. The maximum absolute atomic E-state index is 12.6. The van der Waals surface area contributed by atoms with Gasteiger partial charge < -0.3 is 15.0 Å². The summed E-state index contributed by atoms with van der Waals surface area (Å²) in [7, 11) is 3.85. The van der Waals surface area contributed by atoms with Gasteiger partial charge >= 0.3 is 11.7 Å². The molecule has 0 unspecified atom stereocenters. The molecule has 27 heavy (non-hydrogen) atoms. The van der Waals surface area contributed by atoms with Crippen LogP contribution in [0.15, 0.2) is 46.1 Å². The lowest BCUT2D eigenvalue weighted by atomic mass is 9.77. The second-order valence-electron chi connectivity index (χ2n) is 6.54. The van der Waals surface area contributed by atoms with Crippen LogP contribution < -0.4 is 21.5 Å². The van der Waals surface area contributed by atoms with Crippen molar-refractivity contribution in [2.24, 2.45) is 5.92 Å². The molecule has 0 saturated carbocycles. The minimum absolute atomic E-state index is 0.212. The van der Waals surface area contributed by atoms with Crippen LogP contribution in [0.4, 0.5) is 11.5 Å². The average molecular weight is 370 g/mol.